The van der Waals surface area contributed by atoms with Gasteiger partial charge < -0.3 is 29.6 Å². The number of anilines is 2. The van der Waals surface area contributed by atoms with Crippen LogP contribution in [0.2, 0.25) is 0 Å². The lowest BCUT2D eigenvalue weighted by Gasteiger charge is -2.33. The number of halogens is 2. The van der Waals surface area contributed by atoms with E-state index in [4.69, 9.17) is 4.74 Å². The number of ether oxygens (including phenoxy) is 1. The van der Waals surface area contributed by atoms with Crippen LogP contribution in [-0.4, -0.2) is 88.0 Å². The molecular weight excluding hydrogens is 548 g/mol. The molecule has 1 aromatic carbocycles. The molecule has 2 saturated heterocycles. The van der Waals surface area contributed by atoms with Crippen LogP contribution in [0.5, 0.6) is 0 Å². The first-order valence-electron chi connectivity index (χ1n) is 13.5. The molecule has 5 aromatic rings. The Morgan fingerprint density at radius 1 is 1.17 bits per heavy atom. The van der Waals surface area contributed by atoms with Gasteiger partial charge in [0.25, 0.3) is 0 Å². The van der Waals surface area contributed by atoms with Crippen LogP contribution < -0.4 is 15.6 Å². The Balaban J connectivity index is 1.54. The highest BCUT2D eigenvalue weighted by atomic mass is 19.2. The number of nitrogens with zero attached hydrogens (tertiary/aromatic N) is 5. The number of aryl methyl sites for hydroxylation is 1. The first-order chi connectivity index (χ1) is 20.2. The second-order valence-electron chi connectivity index (χ2n) is 10.8. The number of nitrogens with one attached hydrogen (secondary N) is 2. The van der Waals surface area contributed by atoms with Gasteiger partial charge in [-0.25, -0.2) is 23.5 Å². The van der Waals surface area contributed by atoms with Crippen molar-refractivity contribution in [2.45, 2.75) is 12.1 Å². The molecule has 7 rings (SSSR count). The fourth-order valence-electron chi connectivity index (χ4n) is 6.38. The maximum Gasteiger partial charge on any atom is 0.341 e. The van der Waals surface area contributed by atoms with Crippen molar-refractivity contribution in [3.63, 3.8) is 0 Å². The van der Waals surface area contributed by atoms with Crippen LogP contribution >= 0.6 is 0 Å². The molecule has 3 N–H and O–H groups in total. The van der Waals surface area contributed by atoms with Crippen LogP contribution in [0.3, 0.4) is 0 Å². The first-order valence-corrected chi connectivity index (χ1v) is 13.5. The number of morpholine rings is 1. The molecule has 0 aliphatic carbocycles. The molecule has 0 spiro atoms. The standard InChI is InChI=1S/C29H27F2N7O4/c1-32-18-7-17(30)23(31)21-22-25(38-11-19-20(12-38)42-5-4-36(19)2)15(9-33-27(22)35-24(18)21)13-6-14-26(39)16(29(40)41)10-37(3)28(14)34-8-13/h6-10,19-20,32H,4-5,11-12H2,1-3H3,(H,33,35)(H,40,41)/t19-,20+/m0/s1. The molecule has 2 aliphatic rings. The number of carbonyl (C=O) groups is 1. The number of hydrogen-bond acceptors (Lipinski definition) is 8. The van der Waals surface area contributed by atoms with Crippen molar-refractivity contribution in [3.05, 3.63) is 58.1 Å². The van der Waals surface area contributed by atoms with Gasteiger partial charge in [-0.3, -0.25) is 9.69 Å². The number of carboxylic acids is 1. The van der Waals surface area contributed by atoms with Crippen LogP contribution in [0.1, 0.15) is 10.4 Å². The number of hydrogen-bond donors (Lipinski definition) is 3. The number of H-pyrrole nitrogens is 1. The molecule has 4 aromatic heterocycles. The van der Waals surface area contributed by atoms with Gasteiger partial charge >= 0.3 is 5.97 Å². The van der Waals surface area contributed by atoms with Crippen molar-refractivity contribution >= 4 is 50.3 Å². The Kier molecular flexibility index (Phi) is 5.92. The van der Waals surface area contributed by atoms with E-state index in [9.17, 15) is 19.1 Å². The van der Waals surface area contributed by atoms with E-state index in [-0.39, 0.29) is 28.5 Å². The van der Waals surface area contributed by atoms with Gasteiger partial charge in [0.2, 0.25) is 5.43 Å². The van der Waals surface area contributed by atoms with Crippen LogP contribution in [0.25, 0.3) is 44.1 Å². The summed E-state index contributed by atoms with van der Waals surface area (Å²) in [5.74, 6) is -3.34. The molecule has 6 heterocycles. The third-order valence-electron chi connectivity index (χ3n) is 8.48. The van der Waals surface area contributed by atoms with Crippen molar-refractivity contribution in [2.75, 3.05) is 50.6 Å². The predicted molar refractivity (Wildman–Crippen MR) is 154 cm³/mol. The van der Waals surface area contributed by atoms with Gasteiger partial charge in [0.15, 0.2) is 11.6 Å². The number of aromatic carboxylic acids is 1. The lowest BCUT2D eigenvalue weighted by molar-refractivity contribution is -0.0362. The highest BCUT2D eigenvalue weighted by Gasteiger charge is 2.40. The van der Waals surface area contributed by atoms with E-state index in [1.165, 1.54) is 10.8 Å². The number of benzene rings is 1. The van der Waals surface area contributed by atoms with E-state index in [0.717, 1.165) is 12.6 Å². The van der Waals surface area contributed by atoms with E-state index in [0.29, 0.717) is 64.4 Å². The van der Waals surface area contributed by atoms with Gasteiger partial charge in [0, 0.05) is 69.5 Å². The molecule has 216 valence electrons. The van der Waals surface area contributed by atoms with Gasteiger partial charge in [0.1, 0.15) is 16.9 Å². The van der Waals surface area contributed by atoms with Crippen molar-refractivity contribution in [3.8, 4) is 11.1 Å². The van der Waals surface area contributed by atoms with Crippen molar-refractivity contribution < 1.29 is 23.4 Å². The van der Waals surface area contributed by atoms with Gasteiger partial charge in [-0.15, -0.1) is 0 Å². The summed E-state index contributed by atoms with van der Waals surface area (Å²) < 4.78 is 38.1. The lowest BCUT2D eigenvalue weighted by Crippen LogP contribution is -2.48. The SMILES string of the molecule is CNc1cc(F)c(F)c2c1[nH]c1ncc(-c3cnc4c(c3)c(=O)c(C(=O)O)cn4C)c(N3C[C@H]4OCCN(C)[C@H]4C3)c12. The highest BCUT2D eigenvalue weighted by molar-refractivity contribution is 6.18. The van der Waals surface area contributed by atoms with Crippen LogP contribution in [-0.2, 0) is 11.8 Å². The third kappa shape index (κ3) is 3.77. The molecule has 0 amide bonds. The molecule has 2 atom stereocenters. The lowest BCUT2D eigenvalue weighted by atomic mass is 10.0. The summed E-state index contributed by atoms with van der Waals surface area (Å²) in [6.45, 7) is 2.42. The average molecular weight is 576 g/mol. The molecule has 2 fully saturated rings. The Morgan fingerprint density at radius 2 is 1.98 bits per heavy atom. The van der Waals surface area contributed by atoms with Crippen molar-refractivity contribution in [2.24, 2.45) is 7.05 Å². The normalized spacial score (nSPS) is 19.2. The molecule has 11 nitrogen and oxygen atoms in total. The Morgan fingerprint density at radius 3 is 2.71 bits per heavy atom. The zero-order valence-corrected chi connectivity index (χ0v) is 23.0. The maximum absolute atomic E-state index is 15.6. The molecule has 2 aliphatic heterocycles. The summed E-state index contributed by atoms with van der Waals surface area (Å²) in [5.41, 5.74) is 2.00. The number of pyridine rings is 3. The number of aromatic amines is 1. The molecule has 13 heteroatoms. The summed E-state index contributed by atoms with van der Waals surface area (Å²) in [4.78, 5) is 41.5. The Bertz CT molecular complexity index is 2010. The fraction of sp³-hybridized carbons (Fsp3) is 0.310. The first kappa shape index (κ1) is 26.3. The smallest absolute Gasteiger partial charge is 0.341 e. The number of carboxylic acid groups (broad SMARTS) is 1. The molecule has 0 bridgehead atoms. The van der Waals surface area contributed by atoms with Crippen LogP contribution in [0.4, 0.5) is 20.2 Å². The largest absolute Gasteiger partial charge is 0.477 e. The fourth-order valence-corrected chi connectivity index (χ4v) is 6.38. The minimum Gasteiger partial charge on any atom is -0.477 e. The monoisotopic (exact) mass is 575 g/mol. The zero-order valence-electron chi connectivity index (χ0n) is 23.0. The van der Waals surface area contributed by atoms with Crippen molar-refractivity contribution in [1.82, 2.24) is 24.4 Å². The molecule has 0 unspecified atom stereocenters. The van der Waals surface area contributed by atoms with E-state index in [2.05, 4.69) is 30.1 Å². The summed E-state index contributed by atoms with van der Waals surface area (Å²) in [7, 11) is 5.28. The predicted octanol–water partition coefficient (Wildman–Crippen LogP) is 3.17. The summed E-state index contributed by atoms with van der Waals surface area (Å²) in [6, 6.07) is 2.76. The number of aromatic nitrogens is 4. The number of rotatable bonds is 4. The topological polar surface area (TPSA) is 129 Å². The van der Waals surface area contributed by atoms with Crippen LogP contribution in [0, 0.1) is 11.6 Å². The van der Waals surface area contributed by atoms with Crippen molar-refractivity contribution in [1.29, 1.82) is 0 Å². The average Bonchev–Trinajstić information content (AvgIpc) is 3.59. The maximum atomic E-state index is 15.6. The van der Waals surface area contributed by atoms with Gasteiger partial charge in [-0.1, -0.05) is 0 Å². The number of fused-ring (bicyclic) bond motifs is 5. The zero-order chi connectivity index (χ0) is 29.4. The Labute approximate surface area is 237 Å². The van der Waals surface area contributed by atoms with E-state index in [1.54, 1.807) is 32.6 Å². The quantitative estimate of drug-likeness (QED) is 0.296. The van der Waals surface area contributed by atoms with E-state index >= 15 is 4.39 Å². The summed E-state index contributed by atoms with van der Waals surface area (Å²) in [6.07, 6.45) is 4.33. The van der Waals surface area contributed by atoms with Gasteiger partial charge in [-0.2, -0.15) is 0 Å². The second kappa shape index (κ2) is 9.46. The molecule has 0 radical (unpaired) electrons. The molecular formula is C29H27F2N7O4. The molecule has 0 saturated carbocycles. The highest BCUT2D eigenvalue weighted by Crippen LogP contribution is 2.44. The molecule has 42 heavy (non-hydrogen) atoms. The third-order valence-corrected chi connectivity index (χ3v) is 8.48. The second-order valence-corrected chi connectivity index (χ2v) is 10.8. The summed E-state index contributed by atoms with van der Waals surface area (Å²) >= 11 is 0. The number of likely N-dealkylation sites (N-methyl/N-ethyl adjacent to an activating group) is 1. The van der Waals surface area contributed by atoms with E-state index in [1.807, 2.05) is 7.05 Å². The minimum atomic E-state index is -1.34. The minimum absolute atomic E-state index is 0.0562. The van der Waals surface area contributed by atoms with Gasteiger partial charge in [-0.05, 0) is 13.1 Å². The Hall–Kier alpha value is -4.62. The summed E-state index contributed by atoms with van der Waals surface area (Å²) in [5, 5.41) is 13.1. The van der Waals surface area contributed by atoms with E-state index < -0.39 is 23.0 Å². The van der Waals surface area contributed by atoms with Crippen LogP contribution in [0.15, 0.2) is 35.5 Å². The van der Waals surface area contributed by atoms with Gasteiger partial charge in [0.05, 0.1) is 51.8 Å².